The van der Waals surface area contributed by atoms with Gasteiger partial charge in [0, 0.05) is 62.9 Å². The van der Waals surface area contributed by atoms with Gasteiger partial charge in [-0.25, -0.2) is 0 Å². The maximum Gasteiger partial charge on any atom is 0.147 e. The van der Waals surface area contributed by atoms with Crippen LogP contribution in [0.5, 0.6) is 11.5 Å². The van der Waals surface area contributed by atoms with Crippen LogP contribution in [0.3, 0.4) is 0 Å². The molecule has 0 atom stereocenters. The molecule has 0 unspecified atom stereocenters. The van der Waals surface area contributed by atoms with E-state index in [4.69, 9.17) is 0 Å². The molecule has 0 bridgehead atoms. The van der Waals surface area contributed by atoms with Gasteiger partial charge in [-0.3, -0.25) is 0 Å². The molecule has 8 rings (SSSR count). The normalized spacial score (nSPS) is 12.0. The summed E-state index contributed by atoms with van der Waals surface area (Å²) in [6, 6.07) is 53.7. The Kier molecular flexibility index (Phi) is 10.3. The fraction of sp³-hybridized carbons (Fsp3) is 0.0435. The highest BCUT2D eigenvalue weighted by atomic mass is 127. The summed E-state index contributed by atoms with van der Waals surface area (Å²) in [6.45, 7) is 0. The number of hydrogen-bond acceptors (Lipinski definition) is 4. The van der Waals surface area contributed by atoms with Crippen molar-refractivity contribution in [1.82, 2.24) is 0 Å². The molecular weight excluding hydrogens is 932 g/mol. The third-order valence-corrected chi connectivity index (χ3v) is 17.5. The van der Waals surface area contributed by atoms with E-state index in [2.05, 4.69) is 45.2 Å². The second-order valence-electron chi connectivity index (χ2n) is 13.4. The van der Waals surface area contributed by atoms with Gasteiger partial charge in [-0.15, -0.1) is 0 Å². The molecule has 0 aromatic heterocycles. The average molecular weight is 967 g/mol. The number of benzene rings is 8. The van der Waals surface area contributed by atoms with E-state index < -0.39 is 14.3 Å². The van der Waals surface area contributed by atoms with Gasteiger partial charge >= 0.3 is 0 Å². The molecule has 0 fully saturated rings. The Bertz CT molecular complexity index is 2480. The van der Waals surface area contributed by atoms with E-state index in [1.807, 2.05) is 170 Å². The van der Waals surface area contributed by atoms with Gasteiger partial charge in [0.1, 0.15) is 25.8 Å². The molecule has 0 aliphatic rings. The van der Waals surface area contributed by atoms with E-state index in [-0.39, 0.29) is 23.8 Å². The smallest absolute Gasteiger partial charge is 0.147 e. The number of aromatic hydroxyl groups is 2. The van der Waals surface area contributed by atoms with Crippen LogP contribution < -0.4 is 21.2 Å². The maximum atomic E-state index is 15.4. The summed E-state index contributed by atoms with van der Waals surface area (Å²) in [5.74, 6) is -0.0882. The monoisotopic (exact) mass is 966 g/mol. The fourth-order valence-corrected chi connectivity index (χ4v) is 13.8. The van der Waals surface area contributed by atoms with Gasteiger partial charge in [0.25, 0.3) is 0 Å². The third kappa shape index (κ3) is 6.83. The van der Waals surface area contributed by atoms with Crippen LogP contribution in [0.4, 0.5) is 0 Å². The minimum atomic E-state index is -3.31. The number of phenolic OH excluding ortho intramolecular Hbond substituents is 2. The number of halogens is 2. The Morgan fingerprint density at radius 2 is 0.704 bits per heavy atom. The van der Waals surface area contributed by atoms with Gasteiger partial charge in [-0.05, 0) is 103 Å². The van der Waals surface area contributed by atoms with Crippen molar-refractivity contribution in [2.24, 2.45) is 0 Å². The number of fused-ring (bicyclic) bond motifs is 2. The van der Waals surface area contributed by atoms with Gasteiger partial charge in [0.2, 0.25) is 0 Å². The Labute approximate surface area is 342 Å². The Morgan fingerprint density at radius 3 is 1.00 bits per heavy atom. The van der Waals surface area contributed by atoms with Crippen molar-refractivity contribution in [1.29, 1.82) is 0 Å². The second-order valence-corrected chi connectivity index (χ2v) is 21.5. The predicted molar refractivity (Wildman–Crippen MR) is 243 cm³/mol. The molecule has 8 aromatic rings. The first-order valence-corrected chi connectivity index (χ1v) is 23.4. The van der Waals surface area contributed by atoms with Crippen LogP contribution in [0, 0.1) is 7.14 Å². The van der Waals surface area contributed by atoms with Crippen molar-refractivity contribution in [3.05, 3.63) is 188 Å². The van der Waals surface area contributed by atoms with Gasteiger partial charge in [-0.2, -0.15) is 0 Å². The minimum Gasteiger partial charge on any atom is -0.507 e. The van der Waals surface area contributed by atoms with Crippen LogP contribution >= 0.6 is 59.5 Å². The lowest BCUT2D eigenvalue weighted by Gasteiger charge is -2.24. The summed E-state index contributed by atoms with van der Waals surface area (Å²) in [4.78, 5) is 0. The number of hydrogen-bond donors (Lipinski definition) is 2. The van der Waals surface area contributed by atoms with E-state index in [0.29, 0.717) is 43.5 Å². The molecule has 0 aliphatic carbocycles. The number of rotatable bonds is 9. The molecule has 4 nitrogen and oxygen atoms in total. The molecule has 8 aromatic carbocycles. The molecule has 8 heteroatoms. The van der Waals surface area contributed by atoms with E-state index in [0.717, 1.165) is 28.7 Å². The molecule has 266 valence electrons. The summed E-state index contributed by atoms with van der Waals surface area (Å²) in [6.07, 6.45) is 0.129. The lowest BCUT2D eigenvalue weighted by molar-refractivity contribution is 0.465. The first kappa shape index (κ1) is 36.8. The van der Waals surface area contributed by atoms with E-state index in [9.17, 15) is 10.2 Å². The van der Waals surface area contributed by atoms with Crippen molar-refractivity contribution in [3.8, 4) is 22.6 Å². The molecule has 54 heavy (non-hydrogen) atoms. The van der Waals surface area contributed by atoms with Crippen LogP contribution in [0.2, 0.25) is 0 Å². The summed E-state index contributed by atoms with van der Waals surface area (Å²) >= 11 is 4.56. The molecule has 2 N–H and O–H groups in total. The highest BCUT2D eigenvalue weighted by molar-refractivity contribution is 14.1. The molecule has 0 amide bonds. The molecule has 0 aliphatic heterocycles. The summed E-state index contributed by atoms with van der Waals surface area (Å²) in [7, 11) is -6.62. The maximum absolute atomic E-state index is 15.4. The molecular formula is C46H34I2O4P2. The third-order valence-electron chi connectivity index (χ3n) is 10.0. The lowest BCUT2D eigenvalue weighted by Crippen LogP contribution is -2.17. The SMILES string of the molecule is O=P(Cc1cc2cc(I)ccc2c(-c2c(O)c(CP(=O)(c3ccccc3)c3ccccc3)cc3cc(I)ccc23)c1O)(c1ccccc1)c1ccccc1. The van der Waals surface area contributed by atoms with Crippen LogP contribution in [0.1, 0.15) is 11.1 Å². The quantitative estimate of drug-likeness (QED) is 0.112. The zero-order valence-electron chi connectivity index (χ0n) is 28.9. The molecule has 0 heterocycles. The number of phenols is 2. The summed E-state index contributed by atoms with van der Waals surface area (Å²) in [5.41, 5.74) is 1.93. The minimum absolute atomic E-state index is 0.0441. The van der Waals surface area contributed by atoms with Crippen molar-refractivity contribution >= 4 is 102 Å². The molecule has 0 spiro atoms. The van der Waals surface area contributed by atoms with E-state index in [1.54, 1.807) is 0 Å². The Hall–Kier alpha value is -4.20. The largest absolute Gasteiger partial charge is 0.507 e. The highest BCUT2D eigenvalue weighted by Gasteiger charge is 2.33. The average Bonchev–Trinajstić information content (AvgIpc) is 3.20. The first-order chi connectivity index (χ1) is 26.2. The summed E-state index contributed by atoms with van der Waals surface area (Å²) < 4.78 is 32.8. The van der Waals surface area contributed by atoms with Crippen molar-refractivity contribution in [3.63, 3.8) is 0 Å². The first-order valence-electron chi connectivity index (χ1n) is 17.4. The zero-order valence-corrected chi connectivity index (χ0v) is 35.0. The van der Waals surface area contributed by atoms with Crippen LogP contribution in [-0.2, 0) is 21.5 Å². The fourth-order valence-electron chi connectivity index (χ4n) is 7.42. The van der Waals surface area contributed by atoms with Crippen molar-refractivity contribution < 1.29 is 19.3 Å². The van der Waals surface area contributed by atoms with E-state index >= 15 is 9.13 Å². The predicted octanol–water partition coefficient (Wildman–Crippen LogP) is 11.3. The van der Waals surface area contributed by atoms with Gasteiger partial charge in [-0.1, -0.05) is 133 Å². The van der Waals surface area contributed by atoms with Gasteiger partial charge in [0.05, 0.1) is 0 Å². The van der Waals surface area contributed by atoms with Gasteiger partial charge < -0.3 is 19.3 Å². The standard InChI is InChI=1S/C46H34I2O4P2/c47-35-21-23-41-31(27-35)25-33(29-53(51,37-13-5-1-6-14-37)38-15-7-2-8-16-38)45(49)43(41)44-42-24-22-36(48)28-32(42)26-34(46(44)50)30-54(52,39-17-9-3-10-18-39)40-19-11-4-12-20-40/h1-28,49-50H,29-30H2. The zero-order chi connectivity index (χ0) is 37.5. The molecule has 0 saturated carbocycles. The molecule has 0 saturated heterocycles. The lowest BCUT2D eigenvalue weighted by atomic mass is 9.89. The van der Waals surface area contributed by atoms with Crippen molar-refractivity contribution in [2.45, 2.75) is 12.3 Å². The van der Waals surface area contributed by atoms with Crippen molar-refractivity contribution in [2.75, 3.05) is 0 Å². The highest BCUT2D eigenvalue weighted by Crippen LogP contribution is 2.55. The topological polar surface area (TPSA) is 74.6 Å². The Balaban J connectivity index is 1.40. The van der Waals surface area contributed by atoms with E-state index in [1.165, 1.54) is 0 Å². The van der Waals surface area contributed by atoms with Crippen LogP contribution in [0.25, 0.3) is 32.7 Å². The summed E-state index contributed by atoms with van der Waals surface area (Å²) in [5, 5.41) is 31.2. The van der Waals surface area contributed by atoms with Crippen LogP contribution in [0.15, 0.2) is 170 Å². The Morgan fingerprint density at radius 1 is 0.407 bits per heavy atom. The van der Waals surface area contributed by atoms with Crippen LogP contribution in [-0.4, -0.2) is 10.2 Å². The van der Waals surface area contributed by atoms with Gasteiger partial charge in [0.15, 0.2) is 0 Å². The second kappa shape index (κ2) is 15.1. The molecule has 0 radical (unpaired) electrons.